The molecule has 0 aromatic carbocycles. The Morgan fingerprint density at radius 1 is 1.27 bits per heavy atom. The van der Waals surface area contributed by atoms with E-state index in [9.17, 15) is 13.5 Å². The highest BCUT2D eigenvalue weighted by atomic mass is 32.2. The van der Waals surface area contributed by atoms with Gasteiger partial charge in [-0.2, -0.15) is 0 Å². The van der Waals surface area contributed by atoms with E-state index in [-0.39, 0.29) is 17.1 Å². The smallest absolute Gasteiger partial charge is 0.150 e. The Labute approximate surface area is 91.8 Å². The summed E-state index contributed by atoms with van der Waals surface area (Å²) in [6, 6.07) is 0. The van der Waals surface area contributed by atoms with Gasteiger partial charge in [-0.15, -0.1) is 0 Å². The summed E-state index contributed by atoms with van der Waals surface area (Å²) in [5.41, 5.74) is -1.25. The molecule has 4 heteroatoms. The van der Waals surface area contributed by atoms with Crippen molar-refractivity contribution in [2.24, 2.45) is 17.3 Å². The average Bonchev–Trinajstić information content (AvgIpc) is 2.52. The predicted octanol–water partition coefficient (Wildman–Crippen LogP) is 1.22. The van der Waals surface area contributed by atoms with Gasteiger partial charge in [-0.3, -0.25) is 0 Å². The number of fused-ring (bicyclic) bond motifs is 2. The third kappa shape index (κ3) is 1.53. The molecule has 0 unspecified atom stereocenters. The predicted molar refractivity (Wildman–Crippen MR) is 59.3 cm³/mol. The maximum absolute atomic E-state index is 11.4. The Kier molecular flexibility index (Phi) is 2.26. The fourth-order valence-electron chi connectivity index (χ4n) is 3.65. The second-order valence-electron chi connectivity index (χ2n) is 5.92. The summed E-state index contributed by atoms with van der Waals surface area (Å²) in [7, 11) is -3.11. The van der Waals surface area contributed by atoms with Crippen LogP contribution in [0.3, 0.4) is 0 Å². The van der Waals surface area contributed by atoms with Gasteiger partial charge in [0.25, 0.3) is 0 Å². The molecule has 0 aliphatic heterocycles. The number of sulfone groups is 1. The van der Waals surface area contributed by atoms with Crippen LogP contribution in [-0.2, 0) is 9.84 Å². The van der Waals surface area contributed by atoms with Crippen LogP contribution in [0.4, 0.5) is 0 Å². The zero-order valence-corrected chi connectivity index (χ0v) is 10.5. The van der Waals surface area contributed by atoms with Crippen molar-refractivity contribution in [2.45, 2.75) is 38.7 Å². The van der Waals surface area contributed by atoms with Gasteiger partial charge in [-0.25, -0.2) is 8.42 Å². The van der Waals surface area contributed by atoms with Crippen LogP contribution in [0.25, 0.3) is 0 Å². The van der Waals surface area contributed by atoms with E-state index in [1.807, 2.05) is 13.8 Å². The number of rotatable bonds is 2. The minimum Gasteiger partial charge on any atom is -0.388 e. The van der Waals surface area contributed by atoms with Crippen molar-refractivity contribution < 1.29 is 13.5 Å². The zero-order valence-electron chi connectivity index (χ0n) is 9.66. The van der Waals surface area contributed by atoms with E-state index in [2.05, 4.69) is 0 Å². The van der Waals surface area contributed by atoms with Crippen LogP contribution in [0, 0.1) is 17.3 Å². The van der Waals surface area contributed by atoms with Crippen molar-refractivity contribution >= 4 is 9.84 Å². The normalized spacial score (nSPS) is 43.5. The average molecular weight is 232 g/mol. The van der Waals surface area contributed by atoms with Crippen LogP contribution in [0.5, 0.6) is 0 Å². The first-order chi connectivity index (χ1) is 6.67. The largest absolute Gasteiger partial charge is 0.388 e. The van der Waals surface area contributed by atoms with Gasteiger partial charge in [-0.05, 0) is 36.5 Å². The molecule has 2 bridgehead atoms. The van der Waals surface area contributed by atoms with Gasteiger partial charge in [0.2, 0.25) is 0 Å². The van der Waals surface area contributed by atoms with Gasteiger partial charge >= 0.3 is 0 Å². The van der Waals surface area contributed by atoms with Gasteiger partial charge < -0.3 is 5.11 Å². The Balaban J connectivity index is 2.35. The molecule has 88 valence electrons. The van der Waals surface area contributed by atoms with Gasteiger partial charge in [0.15, 0.2) is 0 Å². The SMILES string of the molecule is CC1(C)[C@H]2CC[C@H](C2)[C@@]1(O)CS(C)(=O)=O. The molecule has 2 aliphatic rings. The summed E-state index contributed by atoms with van der Waals surface area (Å²) in [6.07, 6.45) is 4.34. The molecule has 0 spiro atoms. The fraction of sp³-hybridized carbons (Fsp3) is 1.00. The number of hydrogen-bond acceptors (Lipinski definition) is 3. The van der Waals surface area contributed by atoms with Crippen molar-refractivity contribution in [1.29, 1.82) is 0 Å². The third-order valence-corrected chi connectivity index (χ3v) is 5.69. The second-order valence-corrected chi connectivity index (χ2v) is 8.06. The molecule has 0 radical (unpaired) electrons. The van der Waals surface area contributed by atoms with Gasteiger partial charge in [0, 0.05) is 6.26 Å². The van der Waals surface area contributed by atoms with E-state index in [0.717, 1.165) is 19.3 Å². The van der Waals surface area contributed by atoms with Crippen LogP contribution in [0.15, 0.2) is 0 Å². The molecule has 0 aromatic rings. The van der Waals surface area contributed by atoms with E-state index in [0.29, 0.717) is 5.92 Å². The molecule has 3 atom stereocenters. The van der Waals surface area contributed by atoms with Gasteiger partial charge in [0.1, 0.15) is 9.84 Å². The third-order valence-electron chi connectivity index (χ3n) is 4.73. The summed E-state index contributed by atoms with van der Waals surface area (Å²) in [5, 5.41) is 10.7. The standard InChI is InChI=1S/C11H20O3S/c1-10(2)8-4-5-9(6-8)11(10,12)7-15(3,13)14/h8-9,12H,4-7H2,1-3H3/t8-,9+,11-/m0/s1. The van der Waals surface area contributed by atoms with E-state index >= 15 is 0 Å². The summed E-state index contributed by atoms with van der Waals surface area (Å²) in [6.45, 7) is 4.03. The van der Waals surface area contributed by atoms with Crippen LogP contribution >= 0.6 is 0 Å². The number of aliphatic hydroxyl groups is 1. The fourth-order valence-corrected chi connectivity index (χ4v) is 5.06. The molecule has 2 rings (SSSR count). The lowest BCUT2D eigenvalue weighted by atomic mass is 9.66. The van der Waals surface area contributed by atoms with E-state index in [1.54, 1.807) is 0 Å². The highest BCUT2D eigenvalue weighted by Gasteiger charge is 2.63. The Bertz CT molecular complexity index is 371. The van der Waals surface area contributed by atoms with E-state index in [1.165, 1.54) is 6.26 Å². The van der Waals surface area contributed by atoms with Crippen LogP contribution in [0.1, 0.15) is 33.1 Å². The summed E-state index contributed by atoms with van der Waals surface area (Å²) in [5.74, 6) is 0.607. The summed E-state index contributed by atoms with van der Waals surface area (Å²) >= 11 is 0. The molecule has 0 aromatic heterocycles. The molecule has 0 heterocycles. The summed E-state index contributed by atoms with van der Waals surface area (Å²) in [4.78, 5) is 0. The lowest BCUT2D eigenvalue weighted by molar-refractivity contribution is -0.0873. The maximum atomic E-state index is 11.4. The summed E-state index contributed by atoms with van der Waals surface area (Å²) < 4.78 is 22.8. The molecule has 0 amide bonds. The van der Waals surface area contributed by atoms with Crippen molar-refractivity contribution in [1.82, 2.24) is 0 Å². The molecule has 2 fully saturated rings. The van der Waals surface area contributed by atoms with Crippen molar-refractivity contribution in [3.05, 3.63) is 0 Å². The molecular weight excluding hydrogens is 212 g/mol. The van der Waals surface area contributed by atoms with Crippen molar-refractivity contribution in [2.75, 3.05) is 12.0 Å². The highest BCUT2D eigenvalue weighted by molar-refractivity contribution is 7.90. The molecule has 0 saturated heterocycles. The first-order valence-electron chi connectivity index (χ1n) is 5.57. The molecule has 1 N–H and O–H groups in total. The molecule has 3 nitrogen and oxygen atoms in total. The lowest BCUT2D eigenvalue weighted by Gasteiger charge is -2.45. The minimum atomic E-state index is -3.11. The maximum Gasteiger partial charge on any atom is 0.150 e. The van der Waals surface area contributed by atoms with Gasteiger partial charge in [0.05, 0.1) is 11.4 Å². The van der Waals surface area contributed by atoms with E-state index < -0.39 is 15.4 Å². The first kappa shape index (κ1) is 11.4. The van der Waals surface area contributed by atoms with Crippen molar-refractivity contribution in [3.8, 4) is 0 Å². The number of hydrogen-bond donors (Lipinski definition) is 1. The van der Waals surface area contributed by atoms with Crippen LogP contribution in [-0.4, -0.2) is 31.1 Å². The lowest BCUT2D eigenvalue weighted by Crippen LogP contribution is -2.53. The monoisotopic (exact) mass is 232 g/mol. The Morgan fingerprint density at radius 3 is 2.20 bits per heavy atom. The van der Waals surface area contributed by atoms with Crippen molar-refractivity contribution in [3.63, 3.8) is 0 Å². The first-order valence-corrected chi connectivity index (χ1v) is 7.63. The second kappa shape index (κ2) is 2.98. The van der Waals surface area contributed by atoms with Gasteiger partial charge in [-0.1, -0.05) is 13.8 Å². The molecule has 2 saturated carbocycles. The van der Waals surface area contributed by atoms with E-state index in [4.69, 9.17) is 0 Å². The molecule has 15 heavy (non-hydrogen) atoms. The van der Waals surface area contributed by atoms with Crippen LogP contribution in [0.2, 0.25) is 0 Å². The zero-order chi connectivity index (χ0) is 11.5. The molecular formula is C11H20O3S. The minimum absolute atomic E-state index is 0.0752. The topological polar surface area (TPSA) is 54.4 Å². The quantitative estimate of drug-likeness (QED) is 0.779. The highest BCUT2D eigenvalue weighted by Crippen LogP contribution is 2.61. The van der Waals surface area contributed by atoms with Crippen LogP contribution < -0.4 is 0 Å². The molecule has 2 aliphatic carbocycles. The Hall–Kier alpha value is -0.0900. The Morgan fingerprint density at radius 2 is 1.80 bits per heavy atom.